The Bertz CT molecular complexity index is 2280. The van der Waals surface area contributed by atoms with Crippen molar-refractivity contribution in [3.05, 3.63) is 95.8 Å². The van der Waals surface area contributed by atoms with Crippen molar-refractivity contribution in [3.63, 3.8) is 0 Å². The molecule has 5 rings (SSSR count). The van der Waals surface area contributed by atoms with E-state index in [0.29, 0.717) is 22.5 Å². The van der Waals surface area contributed by atoms with Crippen molar-refractivity contribution in [2.24, 2.45) is 11.7 Å². The Labute approximate surface area is 334 Å². The number of pyridine rings is 1. The third kappa shape index (κ3) is 11.4. The molecule has 0 aliphatic rings. The van der Waals surface area contributed by atoms with Crippen LogP contribution in [0.2, 0.25) is 0 Å². The molecule has 0 bridgehead atoms. The maximum absolute atomic E-state index is 12.8. The highest BCUT2D eigenvalue weighted by atomic mass is 31.2. The lowest BCUT2D eigenvalue weighted by Gasteiger charge is -2.25. The second-order valence-corrected chi connectivity index (χ2v) is 15.8. The molecule has 308 valence electrons. The van der Waals surface area contributed by atoms with Crippen LogP contribution >= 0.6 is 7.75 Å². The van der Waals surface area contributed by atoms with Gasteiger partial charge in [-0.05, 0) is 54.4 Å². The van der Waals surface area contributed by atoms with Crippen LogP contribution < -0.4 is 21.1 Å². The first-order valence-corrected chi connectivity index (χ1v) is 19.9. The average molecular weight is 819 g/mol. The largest absolute Gasteiger partial charge is 0.480 e. The second kappa shape index (κ2) is 19.5. The normalized spacial score (nSPS) is 13.0. The van der Waals surface area contributed by atoms with Crippen LogP contribution in [0.15, 0.2) is 79.1 Å². The van der Waals surface area contributed by atoms with E-state index >= 15 is 0 Å². The predicted octanol–water partition coefficient (Wildman–Crippen LogP) is 5.20. The maximum atomic E-state index is 12.8. The van der Waals surface area contributed by atoms with Gasteiger partial charge in [0.15, 0.2) is 5.82 Å². The molecule has 18 nitrogen and oxygen atoms in total. The number of aromatic nitrogens is 3. The van der Waals surface area contributed by atoms with Gasteiger partial charge >= 0.3 is 25.9 Å². The molecule has 19 heteroatoms. The summed E-state index contributed by atoms with van der Waals surface area (Å²) in [5.74, 6) is -1.11. The molecule has 0 fully saturated rings. The van der Waals surface area contributed by atoms with E-state index in [2.05, 4.69) is 39.0 Å². The Morgan fingerprint density at radius 2 is 1.66 bits per heavy atom. The lowest BCUT2D eigenvalue weighted by Crippen LogP contribution is -2.41. The minimum Gasteiger partial charge on any atom is -0.480 e. The summed E-state index contributed by atoms with van der Waals surface area (Å²) in [7, 11) is -1.65. The van der Waals surface area contributed by atoms with Crippen LogP contribution in [0.5, 0.6) is 5.75 Å². The van der Waals surface area contributed by atoms with Crippen LogP contribution in [-0.4, -0.2) is 98.0 Å². The number of anilines is 1. The Balaban J connectivity index is 1.05. The molecule has 5 aromatic rings. The number of benzene rings is 3. The summed E-state index contributed by atoms with van der Waals surface area (Å²) in [6.45, 7) is 4.59. The van der Waals surface area contributed by atoms with Gasteiger partial charge in [0, 0.05) is 50.6 Å². The van der Waals surface area contributed by atoms with Crippen molar-refractivity contribution < 1.29 is 47.7 Å². The number of nitrogens with one attached hydrogen (secondary N) is 2. The highest BCUT2D eigenvalue weighted by molar-refractivity contribution is 7.50. The minimum absolute atomic E-state index is 0.0304. The highest BCUT2D eigenvalue weighted by Gasteiger charge is 2.29. The van der Waals surface area contributed by atoms with E-state index < -0.39 is 44.5 Å². The number of carboxylic acid groups (broad SMARTS) is 1. The van der Waals surface area contributed by atoms with E-state index in [1.165, 1.54) is 43.3 Å². The fourth-order valence-electron chi connectivity index (χ4n) is 5.71. The molecule has 6 N–H and O–H groups in total. The fourth-order valence-corrected chi connectivity index (χ4v) is 6.59. The number of amides is 3. The van der Waals surface area contributed by atoms with Crippen LogP contribution in [-0.2, 0) is 38.3 Å². The van der Waals surface area contributed by atoms with Gasteiger partial charge in [0.2, 0.25) is 0 Å². The van der Waals surface area contributed by atoms with Crippen molar-refractivity contribution in [1.82, 2.24) is 29.4 Å². The van der Waals surface area contributed by atoms with Crippen molar-refractivity contribution in [2.75, 3.05) is 39.1 Å². The zero-order valence-electron chi connectivity index (χ0n) is 32.5. The van der Waals surface area contributed by atoms with Crippen LogP contribution in [0.3, 0.4) is 0 Å². The number of carbonyl (C=O) groups is 4. The smallest absolute Gasteiger partial charge is 0.415 e. The van der Waals surface area contributed by atoms with Crippen molar-refractivity contribution in [1.29, 1.82) is 0 Å². The first-order chi connectivity index (χ1) is 27.6. The second-order valence-electron chi connectivity index (χ2n) is 13.9. The van der Waals surface area contributed by atoms with E-state index in [1.54, 1.807) is 30.6 Å². The van der Waals surface area contributed by atoms with Crippen LogP contribution in [0, 0.1) is 5.92 Å². The predicted molar refractivity (Wildman–Crippen MR) is 215 cm³/mol. The Morgan fingerprint density at radius 1 is 0.966 bits per heavy atom. The molecule has 0 radical (unpaired) electrons. The van der Waals surface area contributed by atoms with E-state index in [9.17, 15) is 33.7 Å². The van der Waals surface area contributed by atoms with Gasteiger partial charge in [-0.3, -0.25) is 14.6 Å². The highest BCUT2D eigenvalue weighted by Crippen LogP contribution is 2.45. The van der Waals surface area contributed by atoms with Crippen LogP contribution in [0.1, 0.15) is 41.8 Å². The molecule has 0 spiro atoms. The number of imidazole rings is 1. The van der Waals surface area contributed by atoms with Gasteiger partial charge < -0.3 is 40.0 Å². The number of ether oxygens (including phenoxy) is 2. The molecule has 3 aromatic carbocycles. The number of carbonyl (C=O) groups excluding carboxylic acids is 3. The van der Waals surface area contributed by atoms with Gasteiger partial charge in [-0.2, -0.15) is 0 Å². The summed E-state index contributed by atoms with van der Waals surface area (Å²) in [6, 6.07) is 18.9. The van der Waals surface area contributed by atoms with Crippen molar-refractivity contribution in [3.8, 4) is 5.75 Å². The first-order valence-electron chi connectivity index (χ1n) is 18.4. The van der Waals surface area contributed by atoms with Gasteiger partial charge in [-0.15, -0.1) is 0 Å². The Hall–Kier alpha value is -5.91. The third-order valence-electron chi connectivity index (χ3n) is 8.96. The fraction of sp³-hybridized carbons (Fsp3) is 0.333. The molecule has 0 saturated carbocycles. The van der Waals surface area contributed by atoms with E-state index in [-0.39, 0.29) is 49.8 Å². The molecule has 2 unspecified atom stereocenters. The lowest BCUT2D eigenvalue weighted by atomic mass is 10.1. The summed E-state index contributed by atoms with van der Waals surface area (Å²) < 4.78 is 31.9. The summed E-state index contributed by atoms with van der Waals surface area (Å²) in [4.78, 5) is 70.6. The summed E-state index contributed by atoms with van der Waals surface area (Å²) >= 11 is 0. The van der Waals surface area contributed by atoms with E-state index in [4.69, 9.17) is 19.7 Å². The van der Waals surface area contributed by atoms with E-state index in [0.717, 1.165) is 27.7 Å². The molecule has 2 heterocycles. The number of likely N-dealkylation sites (N-methyl/N-ethyl adjacent to an activating group) is 2. The van der Waals surface area contributed by atoms with Crippen molar-refractivity contribution >= 4 is 59.6 Å². The number of nitrogens with two attached hydrogens (primary N) is 1. The molecular weight excluding hydrogens is 771 g/mol. The molecule has 0 aliphatic heterocycles. The number of nitrogens with zero attached hydrogens (tertiary/aromatic N) is 5. The van der Waals surface area contributed by atoms with Crippen LogP contribution in [0.25, 0.3) is 21.9 Å². The number of para-hydroxylation sites is 1. The molecule has 3 amide bonds. The summed E-state index contributed by atoms with van der Waals surface area (Å²) in [5.41, 5.74) is 9.34. The number of rotatable bonds is 18. The third-order valence-corrected chi connectivity index (χ3v) is 10.5. The zero-order valence-corrected chi connectivity index (χ0v) is 33.4. The number of hydrogen-bond donors (Lipinski definition) is 5. The maximum Gasteiger partial charge on any atom is 0.415 e. The SMILES string of the molecule is CC(C)Cn1cnc2c(NC(=O)OCc3ccc(OC(=O)N(C)CCN(C)P(=O)(O)OCCC(NC(=O)c4ccc(CN)cc4)C(=O)O)cc3)nc3ccccc3c21. The molecule has 0 aliphatic carbocycles. The summed E-state index contributed by atoms with van der Waals surface area (Å²) in [6.07, 6.45) is -0.0130. The van der Waals surface area contributed by atoms with E-state index in [1.807, 2.05) is 24.3 Å². The minimum atomic E-state index is -4.40. The zero-order chi connectivity index (χ0) is 42.0. The molecular formula is C39H47N8O10P. The first kappa shape index (κ1) is 43.2. The number of carboxylic acids is 1. The van der Waals surface area contributed by atoms with Gasteiger partial charge in [-0.25, -0.2) is 33.6 Å². The quantitative estimate of drug-likeness (QED) is 0.0715. The van der Waals surface area contributed by atoms with Gasteiger partial charge in [0.05, 0.1) is 24.0 Å². The van der Waals surface area contributed by atoms with Gasteiger partial charge in [0.25, 0.3) is 5.91 Å². The van der Waals surface area contributed by atoms with Crippen molar-refractivity contribution in [2.45, 2.75) is 46.0 Å². The molecule has 58 heavy (non-hydrogen) atoms. The summed E-state index contributed by atoms with van der Waals surface area (Å²) in [5, 5.41) is 15.6. The monoisotopic (exact) mass is 818 g/mol. The van der Waals surface area contributed by atoms with Gasteiger partial charge in [0.1, 0.15) is 23.9 Å². The Kier molecular flexibility index (Phi) is 14.5. The number of fused-ring (bicyclic) bond motifs is 3. The number of aliphatic carboxylic acids is 1. The van der Waals surface area contributed by atoms with Gasteiger partial charge in [-0.1, -0.05) is 56.3 Å². The average Bonchev–Trinajstić information content (AvgIpc) is 3.62. The van der Waals surface area contributed by atoms with Crippen LogP contribution in [0.4, 0.5) is 15.4 Å². The Morgan fingerprint density at radius 3 is 2.33 bits per heavy atom. The standard InChI is InChI=1S/C39H47N8O10P/c1-25(2)22-47-24-41-33-34(47)30-7-5-6-8-31(30)42-35(33)44-38(51)55-23-27-11-15-29(16-12-27)57-39(52)45(3)18-19-46(4)58(53,54)56-20-17-32(37(49)50)43-36(48)28-13-9-26(21-40)10-14-28/h5-16,24-25,32H,17-23,40H2,1-4H3,(H,43,48)(H,49,50)(H,53,54)(H,42,44,51). The molecule has 2 aromatic heterocycles. The topological polar surface area (TPSA) is 241 Å². The molecule has 0 saturated heterocycles. The lowest BCUT2D eigenvalue weighted by molar-refractivity contribution is -0.139. The molecule has 2 atom stereocenters. The number of hydrogen-bond acceptors (Lipinski definition) is 11.